The summed E-state index contributed by atoms with van der Waals surface area (Å²) in [6.07, 6.45) is 11.9. The predicted octanol–water partition coefficient (Wildman–Crippen LogP) is 3.75. The van der Waals surface area contributed by atoms with Gasteiger partial charge in [0, 0.05) is 12.6 Å². The van der Waals surface area contributed by atoms with Crippen LogP contribution >= 0.6 is 0 Å². The fourth-order valence-electron chi connectivity index (χ4n) is 3.56. The van der Waals surface area contributed by atoms with E-state index in [2.05, 4.69) is 19.2 Å². The number of ether oxygens (including phenoxy) is 1. The first-order valence-electron chi connectivity index (χ1n) is 8.20. The Morgan fingerprint density at radius 1 is 1.11 bits per heavy atom. The first-order chi connectivity index (χ1) is 8.85. The Hall–Kier alpha value is -0.0800. The summed E-state index contributed by atoms with van der Waals surface area (Å²) in [6, 6.07) is 0.600. The van der Waals surface area contributed by atoms with Crippen LogP contribution in [0, 0.1) is 11.8 Å². The highest BCUT2D eigenvalue weighted by molar-refractivity contribution is 4.90. The molecule has 2 rings (SSSR count). The van der Waals surface area contributed by atoms with Crippen LogP contribution < -0.4 is 5.32 Å². The summed E-state index contributed by atoms with van der Waals surface area (Å²) in [6.45, 7) is 6.30. The molecule has 18 heavy (non-hydrogen) atoms. The molecule has 0 radical (unpaired) electrons. The molecule has 0 aliphatic heterocycles. The molecule has 106 valence electrons. The molecule has 0 aromatic rings. The largest absolute Gasteiger partial charge is 0.377 e. The van der Waals surface area contributed by atoms with Gasteiger partial charge in [0.2, 0.25) is 0 Å². The van der Waals surface area contributed by atoms with Gasteiger partial charge in [-0.2, -0.15) is 0 Å². The van der Waals surface area contributed by atoms with Crippen LogP contribution in [0.15, 0.2) is 0 Å². The van der Waals surface area contributed by atoms with Crippen LogP contribution in [0.1, 0.15) is 65.2 Å². The number of nitrogens with one attached hydrogen (secondary N) is 1. The first kappa shape index (κ1) is 14.3. The number of rotatable bonds is 9. The Balaban J connectivity index is 1.80. The van der Waals surface area contributed by atoms with Crippen LogP contribution in [0.3, 0.4) is 0 Å². The summed E-state index contributed by atoms with van der Waals surface area (Å²) in [5.41, 5.74) is 0. The predicted molar refractivity (Wildman–Crippen MR) is 76.8 cm³/mol. The van der Waals surface area contributed by atoms with Gasteiger partial charge in [0.05, 0.1) is 6.10 Å². The minimum Gasteiger partial charge on any atom is -0.377 e. The van der Waals surface area contributed by atoms with Crippen LogP contribution in [0.25, 0.3) is 0 Å². The van der Waals surface area contributed by atoms with Gasteiger partial charge in [-0.1, -0.05) is 32.6 Å². The lowest BCUT2D eigenvalue weighted by Crippen LogP contribution is -2.43. The Morgan fingerprint density at radius 3 is 2.39 bits per heavy atom. The van der Waals surface area contributed by atoms with Gasteiger partial charge in [-0.25, -0.2) is 0 Å². The molecule has 2 aliphatic rings. The maximum absolute atomic E-state index is 6.03. The molecular weight excluding hydrogens is 222 g/mol. The number of hydrogen-bond donors (Lipinski definition) is 1. The van der Waals surface area contributed by atoms with Crippen molar-refractivity contribution in [3.63, 3.8) is 0 Å². The zero-order valence-corrected chi connectivity index (χ0v) is 12.3. The highest BCUT2D eigenvalue weighted by Crippen LogP contribution is 2.37. The van der Waals surface area contributed by atoms with Crippen LogP contribution in [-0.4, -0.2) is 25.3 Å². The molecule has 2 saturated carbocycles. The van der Waals surface area contributed by atoms with Crippen molar-refractivity contribution in [2.75, 3.05) is 13.2 Å². The molecule has 1 N–H and O–H groups in total. The lowest BCUT2D eigenvalue weighted by Gasteiger charge is -2.28. The Kier molecular flexibility index (Phi) is 5.97. The molecule has 2 nitrogen and oxygen atoms in total. The van der Waals surface area contributed by atoms with E-state index in [0.717, 1.165) is 25.0 Å². The second-order valence-corrected chi connectivity index (χ2v) is 6.15. The third-order valence-corrected chi connectivity index (χ3v) is 4.67. The van der Waals surface area contributed by atoms with Crippen LogP contribution in [0.5, 0.6) is 0 Å². The van der Waals surface area contributed by atoms with Crippen molar-refractivity contribution in [1.82, 2.24) is 5.32 Å². The van der Waals surface area contributed by atoms with E-state index >= 15 is 0 Å². The highest BCUT2D eigenvalue weighted by Gasteiger charge is 2.37. The molecule has 2 unspecified atom stereocenters. The van der Waals surface area contributed by atoms with Crippen molar-refractivity contribution in [2.24, 2.45) is 11.8 Å². The molecule has 0 aromatic carbocycles. The monoisotopic (exact) mass is 253 g/mol. The third kappa shape index (κ3) is 4.24. The quantitative estimate of drug-likeness (QED) is 0.675. The Bertz CT molecular complexity index is 221. The van der Waals surface area contributed by atoms with E-state index in [0.29, 0.717) is 12.1 Å². The Labute approximate surface area is 113 Å². The molecule has 2 atom stereocenters. The maximum atomic E-state index is 6.03. The average molecular weight is 253 g/mol. The van der Waals surface area contributed by atoms with Crippen molar-refractivity contribution in [3.05, 3.63) is 0 Å². The number of hydrogen-bond acceptors (Lipinski definition) is 2. The molecule has 0 heterocycles. The van der Waals surface area contributed by atoms with Gasteiger partial charge >= 0.3 is 0 Å². The fourth-order valence-corrected chi connectivity index (χ4v) is 3.56. The van der Waals surface area contributed by atoms with Gasteiger partial charge in [0.1, 0.15) is 0 Å². The number of likely N-dealkylation sites (N-methyl/N-ethyl adjacent to an activating group) is 1. The van der Waals surface area contributed by atoms with Crippen molar-refractivity contribution < 1.29 is 4.74 Å². The SMILES string of the molecule is CCNC(CCC1CCCC1)C(OCC)C1CC1. The van der Waals surface area contributed by atoms with Gasteiger partial charge in [-0.3, -0.25) is 0 Å². The second-order valence-electron chi connectivity index (χ2n) is 6.15. The maximum Gasteiger partial charge on any atom is 0.0755 e. The average Bonchev–Trinajstić information content (AvgIpc) is 3.08. The van der Waals surface area contributed by atoms with Crippen LogP contribution in [0.2, 0.25) is 0 Å². The third-order valence-electron chi connectivity index (χ3n) is 4.67. The van der Waals surface area contributed by atoms with Crippen molar-refractivity contribution in [2.45, 2.75) is 77.4 Å². The summed E-state index contributed by atoms with van der Waals surface area (Å²) in [5.74, 6) is 1.85. The van der Waals surface area contributed by atoms with Gasteiger partial charge in [-0.05, 0) is 51.0 Å². The van der Waals surface area contributed by atoms with E-state index in [1.54, 1.807) is 0 Å². The van der Waals surface area contributed by atoms with Gasteiger partial charge in [0.15, 0.2) is 0 Å². The lowest BCUT2D eigenvalue weighted by molar-refractivity contribution is 0.0159. The fraction of sp³-hybridized carbons (Fsp3) is 1.00. The van der Waals surface area contributed by atoms with Gasteiger partial charge in [-0.15, -0.1) is 0 Å². The topological polar surface area (TPSA) is 21.3 Å². The summed E-state index contributed by atoms with van der Waals surface area (Å²) >= 11 is 0. The van der Waals surface area contributed by atoms with E-state index in [1.165, 1.54) is 51.4 Å². The molecule has 0 saturated heterocycles. The molecular formula is C16H31NO. The van der Waals surface area contributed by atoms with Gasteiger partial charge in [0.25, 0.3) is 0 Å². The minimum absolute atomic E-state index is 0.483. The second kappa shape index (κ2) is 7.49. The summed E-state index contributed by atoms with van der Waals surface area (Å²) in [7, 11) is 0. The highest BCUT2D eigenvalue weighted by atomic mass is 16.5. The zero-order valence-electron chi connectivity index (χ0n) is 12.3. The van der Waals surface area contributed by atoms with Crippen LogP contribution in [0.4, 0.5) is 0 Å². The summed E-state index contributed by atoms with van der Waals surface area (Å²) in [5, 5.41) is 3.69. The zero-order chi connectivity index (χ0) is 12.8. The van der Waals surface area contributed by atoms with Crippen molar-refractivity contribution in [1.29, 1.82) is 0 Å². The molecule has 0 amide bonds. The summed E-state index contributed by atoms with van der Waals surface area (Å²) in [4.78, 5) is 0. The lowest BCUT2D eigenvalue weighted by atomic mass is 9.94. The van der Waals surface area contributed by atoms with E-state index < -0.39 is 0 Å². The van der Waals surface area contributed by atoms with Gasteiger partial charge < -0.3 is 10.1 Å². The minimum atomic E-state index is 0.483. The normalized spacial score (nSPS) is 24.3. The summed E-state index contributed by atoms with van der Waals surface area (Å²) < 4.78 is 6.03. The van der Waals surface area contributed by atoms with Crippen LogP contribution in [-0.2, 0) is 4.74 Å². The molecule has 2 heteroatoms. The molecule has 2 fully saturated rings. The van der Waals surface area contributed by atoms with E-state index in [-0.39, 0.29) is 0 Å². The van der Waals surface area contributed by atoms with E-state index in [9.17, 15) is 0 Å². The van der Waals surface area contributed by atoms with Crippen molar-refractivity contribution in [3.8, 4) is 0 Å². The molecule has 0 spiro atoms. The first-order valence-corrected chi connectivity index (χ1v) is 8.20. The standard InChI is InChI=1S/C16H31NO/c1-3-17-15(12-9-13-7-5-6-8-13)16(18-4-2)14-10-11-14/h13-17H,3-12H2,1-2H3. The van der Waals surface area contributed by atoms with E-state index in [4.69, 9.17) is 4.74 Å². The molecule has 2 aliphatic carbocycles. The smallest absolute Gasteiger partial charge is 0.0755 e. The van der Waals surface area contributed by atoms with E-state index in [1.807, 2.05) is 0 Å². The molecule has 0 aromatic heterocycles. The Morgan fingerprint density at radius 2 is 1.83 bits per heavy atom. The molecule has 0 bridgehead atoms. The van der Waals surface area contributed by atoms with Crippen molar-refractivity contribution >= 4 is 0 Å².